The highest BCUT2D eigenvalue weighted by molar-refractivity contribution is 9.10. The topological polar surface area (TPSA) is 59.0 Å². The molecule has 0 aliphatic carbocycles. The number of amides is 2. The normalized spacial score (nSPS) is 14.9. The van der Waals surface area contributed by atoms with Crippen molar-refractivity contribution in [1.82, 2.24) is 5.01 Å². The maximum Gasteiger partial charge on any atom is 0.283 e. The molecule has 2 aromatic rings. The number of rotatable bonds is 4. The van der Waals surface area contributed by atoms with Crippen LogP contribution in [0.3, 0.4) is 0 Å². The maximum atomic E-state index is 12.7. The fourth-order valence-corrected chi connectivity index (χ4v) is 3.05. The van der Waals surface area contributed by atoms with Crippen molar-refractivity contribution in [3.05, 3.63) is 69.7 Å². The van der Waals surface area contributed by atoms with E-state index in [1.807, 2.05) is 0 Å². The Labute approximate surface area is 165 Å². The van der Waals surface area contributed by atoms with Crippen LogP contribution in [0.1, 0.15) is 22.8 Å². The molecule has 1 aliphatic rings. The number of ether oxygens (including phenoxy) is 1. The molecule has 3 rings (SSSR count). The standard InChI is InChI=1S/C21H15BrN2O3/c1-3-11-27-19-10-9-15(13-18(19)22)12-17-14(2)23-24(21(17)26)20(25)16-7-5-4-6-8-16/h1,4-10,12-13H,11H2,2H3/b17-12+. The molecule has 0 N–H and O–H groups in total. The van der Waals surface area contributed by atoms with E-state index in [0.717, 1.165) is 10.6 Å². The maximum absolute atomic E-state index is 12.7. The summed E-state index contributed by atoms with van der Waals surface area (Å²) in [5.74, 6) is 2.11. The molecule has 0 atom stereocenters. The molecule has 1 heterocycles. The van der Waals surface area contributed by atoms with Gasteiger partial charge in [-0.15, -0.1) is 6.42 Å². The van der Waals surface area contributed by atoms with Gasteiger partial charge in [-0.3, -0.25) is 9.59 Å². The van der Waals surface area contributed by atoms with Gasteiger partial charge in [0.2, 0.25) is 0 Å². The summed E-state index contributed by atoms with van der Waals surface area (Å²) in [6, 6.07) is 13.9. The predicted molar refractivity (Wildman–Crippen MR) is 107 cm³/mol. The second-order valence-corrected chi connectivity index (χ2v) is 6.57. The number of carbonyl (C=O) groups excluding carboxylic acids is 2. The number of carbonyl (C=O) groups is 2. The zero-order chi connectivity index (χ0) is 19.4. The first kappa shape index (κ1) is 18.6. The zero-order valence-corrected chi connectivity index (χ0v) is 16.1. The van der Waals surface area contributed by atoms with Gasteiger partial charge in [-0.1, -0.05) is 30.2 Å². The largest absolute Gasteiger partial charge is 0.480 e. The summed E-state index contributed by atoms with van der Waals surface area (Å²) < 4.78 is 6.12. The second kappa shape index (κ2) is 8.02. The summed E-state index contributed by atoms with van der Waals surface area (Å²) in [6.45, 7) is 1.86. The van der Waals surface area contributed by atoms with Gasteiger partial charge >= 0.3 is 0 Å². The molecule has 6 heteroatoms. The highest BCUT2D eigenvalue weighted by Gasteiger charge is 2.32. The summed E-state index contributed by atoms with van der Waals surface area (Å²) >= 11 is 3.42. The molecule has 0 unspecified atom stereocenters. The smallest absolute Gasteiger partial charge is 0.283 e. The summed E-state index contributed by atoms with van der Waals surface area (Å²) in [6.07, 6.45) is 6.88. The van der Waals surface area contributed by atoms with Crippen molar-refractivity contribution in [3.63, 3.8) is 0 Å². The number of hydrogen-bond acceptors (Lipinski definition) is 4. The van der Waals surface area contributed by atoms with E-state index < -0.39 is 11.8 Å². The van der Waals surface area contributed by atoms with E-state index in [4.69, 9.17) is 11.2 Å². The van der Waals surface area contributed by atoms with E-state index in [-0.39, 0.29) is 6.61 Å². The van der Waals surface area contributed by atoms with Crippen molar-refractivity contribution in [2.45, 2.75) is 6.92 Å². The lowest BCUT2D eigenvalue weighted by molar-refractivity contribution is -0.123. The monoisotopic (exact) mass is 422 g/mol. The Morgan fingerprint density at radius 3 is 2.70 bits per heavy atom. The number of nitrogens with zero attached hydrogens (tertiary/aromatic N) is 2. The predicted octanol–water partition coefficient (Wildman–Crippen LogP) is 3.90. The fraction of sp³-hybridized carbons (Fsp3) is 0.0952. The number of terminal acetylenes is 1. The van der Waals surface area contributed by atoms with E-state index >= 15 is 0 Å². The average molecular weight is 423 g/mol. The first-order valence-corrected chi connectivity index (χ1v) is 8.87. The molecule has 5 nitrogen and oxygen atoms in total. The molecule has 0 spiro atoms. The van der Waals surface area contributed by atoms with Crippen LogP contribution in [0.15, 0.2) is 63.7 Å². The van der Waals surface area contributed by atoms with Crippen LogP contribution in [0.2, 0.25) is 0 Å². The summed E-state index contributed by atoms with van der Waals surface area (Å²) in [5, 5.41) is 5.03. The zero-order valence-electron chi connectivity index (χ0n) is 14.5. The van der Waals surface area contributed by atoms with Crippen molar-refractivity contribution in [3.8, 4) is 18.1 Å². The molecule has 134 valence electrons. The minimum absolute atomic E-state index is 0.167. The van der Waals surface area contributed by atoms with Gasteiger partial charge in [-0.2, -0.15) is 10.1 Å². The lowest BCUT2D eigenvalue weighted by atomic mass is 10.1. The molecule has 0 saturated carbocycles. The quantitative estimate of drug-likeness (QED) is 0.426. The Morgan fingerprint density at radius 2 is 2.04 bits per heavy atom. The second-order valence-electron chi connectivity index (χ2n) is 5.71. The van der Waals surface area contributed by atoms with Crippen LogP contribution in [0.4, 0.5) is 0 Å². The van der Waals surface area contributed by atoms with Gasteiger partial charge in [0.15, 0.2) is 0 Å². The Kier molecular flexibility index (Phi) is 5.53. The number of hydrogen-bond donors (Lipinski definition) is 0. The van der Waals surface area contributed by atoms with Gasteiger partial charge in [0.05, 0.1) is 15.8 Å². The average Bonchev–Trinajstić information content (AvgIpc) is 2.95. The first-order valence-electron chi connectivity index (χ1n) is 8.08. The number of hydrazone groups is 1. The molecular formula is C21H15BrN2O3. The Hall–Kier alpha value is -3.17. The summed E-state index contributed by atoms with van der Waals surface area (Å²) in [7, 11) is 0. The SMILES string of the molecule is C#CCOc1ccc(/C=C2/C(=O)N(C(=O)c3ccccc3)N=C2C)cc1Br. The molecule has 27 heavy (non-hydrogen) atoms. The Morgan fingerprint density at radius 1 is 1.30 bits per heavy atom. The van der Waals surface area contributed by atoms with Crippen LogP contribution in [-0.4, -0.2) is 29.1 Å². The molecular weight excluding hydrogens is 408 g/mol. The van der Waals surface area contributed by atoms with Gasteiger partial charge in [0.25, 0.3) is 11.8 Å². The minimum atomic E-state index is -0.456. The third-order valence-corrected chi connectivity index (χ3v) is 4.47. The molecule has 0 saturated heterocycles. The van der Waals surface area contributed by atoms with Crippen LogP contribution in [0, 0.1) is 12.3 Å². The Bertz CT molecular complexity index is 1000. The van der Waals surface area contributed by atoms with Crippen LogP contribution in [0.5, 0.6) is 5.75 Å². The third kappa shape index (κ3) is 3.99. The van der Waals surface area contributed by atoms with E-state index in [1.54, 1.807) is 61.5 Å². The van der Waals surface area contributed by atoms with Crippen LogP contribution in [0.25, 0.3) is 6.08 Å². The van der Waals surface area contributed by atoms with E-state index in [1.165, 1.54) is 0 Å². The lowest BCUT2D eigenvalue weighted by Gasteiger charge is -2.09. The van der Waals surface area contributed by atoms with Crippen LogP contribution >= 0.6 is 15.9 Å². The van der Waals surface area contributed by atoms with Gasteiger partial charge in [-0.05, 0) is 58.8 Å². The van der Waals surface area contributed by atoms with Crippen molar-refractivity contribution >= 4 is 39.5 Å². The highest BCUT2D eigenvalue weighted by Crippen LogP contribution is 2.28. The minimum Gasteiger partial charge on any atom is -0.480 e. The van der Waals surface area contributed by atoms with Crippen molar-refractivity contribution in [2.75, 3.05) is 6.61 Å². The van der Waals surface area contributed by atoms with E-state index in [9.17, 15) is 9.59 Å². The summed E-state index contributed by atoms with van der Waals surface area (Å²) in [4.78, 5) is 25.2. The van der Waals surface area contributed by atoms with Gasteiger partial charge < -0.3 is 4.74 Å². The highest BCUT2D eigenvalue weighted by atomic mass is 79.9. The first-order chi connectivity index (χ1) is 13.0. The fourth-order valence-electron chi connectivity index (χ4n) is 2.53. The molecule has 2 amide bonds. The van der Waals surface area contributed by atoms with Crippen molar-refractivity contribution in [1.29, 1.82) is 0 Å². The number of benzene rings is 2. The Balaban J connectivity index is 1.85. The summed E-state index contributed by atoms with van der Waals surface area (Å²) in [5.41, 5.74) is 2.01. The molecule has 0 aromatic heterocycles. The van der Waals surface area contributed by atoms with Gasteiger partial charge in [0, 0.05) is 5.56 Å². The molecule has 2 aromatic carbocycles. The molecule has 1 aliphatic heterocycles. The molecule has 0 radical (unpaired) electrons. The van der Waals surface area contributed by atoms with Crippen molar-refractivity contribution in [2.24, 2.45) is 5.10 Å². The lowest BCUT2D eigenvalue weighted by Crippen LogP contribution is -2.29. The van der Waals surface area contributed by atoms with E-state index in [0.29, 0.717) is 27.1 Å². The van der Waals surface area contributed by atoms with Crippen LogP contribution in [-0.2, 0) is 4.79 Å². The third-order valence-electron chi connectivity index (χ3n) is 3.85. The van der Waals surface area contributed by atoms with Gasteiger partial charge in [0.1, 0.15) is 12.4 Å². The van der Waals surface area contributed by atoms with Crippen LogP contribution < -0.4 is 4.74 Å². The number of imide groups is 1. The van der Waals surface area contributed by atoms with E-state index in [2.05, 4.69) is 27.0 Å². The molecule has 0 bridgehead atoms. The van der Waals surface area contributed by atoms with Crippen molar-refractivity contribution < 1.29 is 14.3 Å². The van der Waals surface area contributed by atoms with Gasteiger partial charge in [-0.25, -0.2) is 0 Å². The molecule has 0 fully saturated rings. The number of halogens is 1.